The van der Waals surface area contributed by atoms with Crippen LogP contribution in [0.5, 0.6) is 0 Å². The minimum absolute atomic E-state index is 0.252. The van der Waals surface area contributed by atoms with Crippen LogP contribution in [0.1, 0.15) is 10.5 Å². The quantitative estimate of drug-likeness (QED) is 0.790. The Morgan fingerprint density at radius 1 is 1.27 bits per heavy atom. The zero-order valence-electron chi connectivity index (χ0n) is 11.8. The summed E-state index contributed by atoms with van der Waals surface area (Å²) in [5, 5.41) is 6.62. The molecule has 0 fully saturated rings. The minimum Gasteiger partial charge on any atom is -0.383 e. The van der Waals surface area contributed by atoms with Gasteiger partial charge in [-0.25, -0.2) is 9.97 Å². The van der Waals surface area contributed by atoms with Crippen molar-refractivity contribution in [3.63, 3.8) is 0 Å². The average Bonchev–Trinajstić information content (AvgIpc) is 2.46. The van der Waals surface area contributed by atoms with E-state index in [-0.39, 0.29) is 17.5 Å². The van der Waals surface area contributed by atoms with Gasteiger partial charge in [-0.15, -0.1) is 0 Å². The molecule has 0 atom stereocenters. The van der Waals surface area contributed by atoms with Crippen LogP contribution in [0, 0.1) is 0 Å². The number of carbonyl (C=O) groups excluding carboxylic acids is 1. The number of methoxy groups -OCH3 is 1. The summed E-state index contributed by atoms with van der Waals surface area (Å²) >= 11 is 11.9. The van der Waals surface area contributed by atoms with Crippen molar-refractivity contribution in [1.82, 2.24) is 15.3 Å². The monoisotopic (exact) mass is 340 g/mol. The number of ether oxygens (including phenoxy) is 1. The second-order valence-electron chi connectivity index (χ2n) is 4.30. The molecular weight excluding hydrogens is 327 g/mol. The van der Waals surface area contributed by atoms with Crippen molar-refractivity contribution in [3.05, 3.63) is 46.2 Å². The Balaban J connectivity index is 2.09. The highest BCUT2D eigenvalue weighted by molar-refractivity contribution is 6.35. The lowest BCUT2D eigenvalue weighted by molar-refractivity contribution is 0.0932. The maximum absolute atomic E-state index is 11.9. The Labute approximate surface area is 137 Å². The maximum atomic E-state index is 11.9. The van der Waals surface area contributed by atoms with E-state index in [1.165, 1.54) is 12.3 Å². The van der Waals surface area contributed by atoms with E-state index >= 15 is 0 Å². The van der Waals surface area contributed by atoms with Gasteiger partial charge in [-0.2, -0.15) is 0 Å². The molecule has 0 aliphatic heterocycles. The molecule has 0 radical (unpaired) electrons. The van der Waals surface area contributed by atoms with E-state index in [0.717, 1.165) is 0 Å². The zero-order valence-corrected chi connectivity index (χ0v) is 13.3. The topological polar surface area (TPSA) is 76.1 Å². The minimum atomic E-state index is -0.299. The molecule has 116 valence electrons. The molecule has 8 heteroatoms. The van der Waals surface area contributed by atoms with E-state index in [1.807, 2.05) is 0 Å². The third-order valence-corrected chi connectivity index (χ3v) is 3.04. The fraction of sp³-hybridized carbons (Fsp3) is 0.214. The van der Waals surface area contributed by atoms with Crippen LogP contribution in [-0.4, -0.2) is 36.1 Å². The van der Waals surface area contributed by atoms with Crippen LogP contribution < -0.4 is 10.6 Å². The van der Waals surface area contributed by atoms with Gasteiger partial charge >= 0.3 is 0 Å². The van der Waals surface area contributed by atoms with Gasteiger partial charge in [0, 0.05) is 35.6 Å². The molecular formula is C14H14Cl2N4O2. The molecule has 2 N–H and O–H groups in total. The Bertz CT molecular complexity index is 647. The third-order valence-electron chi connectivity index (χ3n) is 2.60. The third kappa shape index (κ3) is 4.84. The van der Waals surface area contributed by atoms with Gasteiger partial charge in [-0.3, -0.25) is 4.79 Å². The first kappa shape index (κ1) is 16.5. The molecule has 1 aromatic heterocycles. The number of halogens is 2. The number of hydrogen-bond acceptors (Lipinski definition) is 5. The number of carbonyl (C=O) groups is 1. The van der Waals surface area contributed by atoms with E-state index in [0.29, 0.717) is 28.9 Å². The van der Waals surface area contributed by atoms with Gasteiger partial charge in [0.05, 0.1) is 6.61 Å². The molecule has 1 amide bonds. The molecule has 1 heterocycles. The number of benzene rings is 1. The highest BCUT2D eigenvalue weighted by atomic mass is 35.5. The molecule has 22 heavy (non-hydrogen) atoms. The second-order valence-corrected chi connectivity index (χ2v) is 5.17. The smallest absolute Gasteiger partial charge is 0.270 e. The van der Waals surface area contributed by atoms with Crippen molar-refractivity contribution in [1.29, 1.82) is 0 Å². The van der Waals surface area contributed by atoms with Gasteiger partial charge in [0.2, 0.25) is 5.95 Å². The van der Waals surface area contributed by atoms with Crippen molar-refractivity contribution >= 4 is 40.7 Å². The summed E-state index contributed by atoms with van der Waals surface area (Å²) < 4.78 is 4.87. The Morgan fingerprint density at radius 2 is 2.00 bits per heavy atom. The predicted molar refractivity (Wildman–Crippen MR) is 86.0 cm³/mol. The van der Waals surface area contributed by atoms with Crippen molar-refractivity contribution < 1.29 is 9.53 Å². The van der Waals surface area contributed by atoms with Crippen LogP contribution in [-0.2, 0) is 4.74 Å². The van der Waals surface area contributed by atoms with Crippen molar-refractivity contribution in [2.75, 3.05) is 25.6 Å². The maximum Gasteiger partial charge on any atom is 0.270 e. The standard InChI is InChI=1S/C14H14Cl2N4O2/c1-22-5-4-17-13(21)12-2-3-18-14(20-12)19-11-7-9(15)6-10(16)8-11/h2-3,6-8H,4-5H2,1H3,(H,17,21)(H,18,19,20). The summed E-state index contributed by atoms with van der Waals surface area (Å²) in [4.78, 5) is 20.1. The van der Waals surface area contributed by atoms with Gasteiger partial charge in [-0.05, 0) is 24.3 Å². The molecule has 1 aromatic carbocycles. The number of nitrogens with one attached hydrogen (secondary N) is 2. The van der Waals surface area contributed by atoms with Gasteiger partial charge in [0.1, 0.15) is 5.69 Å². The highest BCUT2D eigenvalue weighted by Gasteiger charge is 2.08. The van der Waals surface area contributed by atoms with Crippen molar-refractivity contribution in [2.45, 2.75) is 0 Å². The molecule has 0 bridgehead atoms. The normalized spacial score (nSPS) is 10.3. The summed E-state index contributed by atoms with van der Waals surface area (Å²) in [7, 11) is 1.56. The van der Waals surface area contributed by atoms with Crippen LogP contribution in [0.3, 0.4) is 0 Å². The zero-order chi connectivity index (χ0) is 15.9. The summed E-state index contributed by atoms with van der Waals surface area (Å²) in [6, 6.07) is 6.51. The largest absolute Gasteiger partial charge is 0.383 e. The van der Waals surface area contributed by atoms with Crippen LogP contribution in [0.2, 0.25) is 10.0 Å². The van der Waals surface area contributed by atoms with Gasteiger partial charge < -0.3 is 15.4 Å². The first-order chi connectivity index (χ1) is 10.6. The van der Waals surface area contributed by atoms with E-state index in [1.54, 1.807) is 25.3 Å². The fourth-order valence-electron chi connectivity index (χ4n) is 1.66. The molecule has 6 nitrogen and oxygen atoms in total. The lowest BCUT2D eigenvalue weighted by Gasteiger charge is -2.08. The lowest BCUT2D eigenvalue weighted by Crippen LogP contribution is -2.27. The first-order valence-electron chi connectivity index (χ1n) is 6.42. The van der Waals surface area contributed by atoms with Crippen LogP contribution in [0.15, 0.2) is 30.5 Å². The lowest BCUT2D eigenvalue weighted by atomic mass is 10.3. The van der Waals surface area contributed by atoms with E-state index in [4.69, 9.17) is 27.9 Å². The number of hydrogen-bond donors (Lipinski definition) is 2. The van der Waals surface area contributed by atoms with E-state index in [9.17, 15) is 4.79 Å². The molecule has 0 saturated heterocycles. The predicted octanol–water partition coefficient (Wildman–Crippen LogP) is 2.90. The summed E-state index contributed by atoms with van der Waals surface area (Å²) in [5.41, 5.74) is 0.885. The molecule has 2 aromatic rings. The molecule has 0 saturated carbocycles. The van der Waals surface area contributed by atoms with Crippen LogP contribution in [0.25, 0.3) is 0 Å². The molecule has 0 aliphatic carbocycles. The van der Waals surface area contributed by atoms with Crippen LogP contribution in [0.4, 0.5) is 11.6 Å². The number of aromatic nitrogens is 2. The molecule has 2 rings (SSSR count). The molecule has 0 spiro atoms. The Kier molecular flexibility index (Phi) is 5.94. The number of anilines is 2. The highest BCUT2D eigenvalue weighted by Crippen LogP contribution is 2.24. The van der Waals surface area contributed by atoms with Gasteiger partial charge in [0.25, 0.3) is 5.91 Å². The van der Waals surface area contributed by atoms with E-state index in [2.05, 4.69) is 20.6 Å². The number of amides is 1. The second kappa shape index (κ2) is 7.93. The van der Waals surface area contributed by atoms with Gasteiger partial charge in [-0.1, -0.05) is 23.2 Å². The first-order valence-corrected chi connectivity index (χ1v) is 7.17. The summed E-state index contributed by atoms with van der Waals surface area (Å²) in [5.74, 6) is -0.0237. The van der Waals surface area contributed by atoms with Crippen molar-refractivity contribution in [2.24, 2.45) is 0 Å². The number of nitrogens with zero attached hydrogens (tertiary/aromatic N) is 2. The molecule has 0 unspecified atom stereocenters. The summed E-state index contributed by atoms with van der Waals surface area (Å²) in [6.07, 6.45) is 1.49. The van der Waals surface area contributed by atoms with E-state index < -0.39 is 0 Å². The molecule has 0 aliphatic rings. The van der Waals surface area contributed by atoms with Crippen LogP contribution >= 0.6 is 23.2 Å². The number of rotatable bonds is 6. The Hall–Kier alpha value is -1.89. The fourth-order valence-corrected chi connectivity index (χ4v) is 2.18. The SMILES string of the molecule is COCCNC(=O)c1ccnc(Nc2cc(Cl)cc(Cl)c2)n1. The van der Waals surface area contributed by atoms with Gasteiger partial charge in [0.15, 0.2) is 0 Å². The average molecular weight is 341 g/mol. The van der Waals surface area contributed by atoms with Crippen molar-refractivity contribution in [3.8, 4) is 0 Å². The summed E-state index contributed by atoms with van der Waals surface area (Å²) in [6.45, 7) is 0.842. The Morgan fingerprint density at radius 3 is 2.68 bits per heavy atom.